The standard InChI is InChI=1S/C13H18ClFN2O2S/c14-10-7-11(15)12(16)8-13(10)20(18,19)17-6-5-9-3-1-2-4-9/h7-9,17H,1-6,16H2. The van der Waals surface area contributed by atoms with Gasteiger partial charge in [-0.3, -0.25) is 0 Å². The molecule has 0 bridgehead atoms. The van der Waals surface area contributed by atoms with E-state index in [1.807, 2.05) is 0 Å². The summed E-state index contributed by atoms with van der Waals surface area (Å²) in [4.78, 5) is -0.176. The first-order valence-corrected chi connectivity index (χ1v) is 8.50. The van der Waals surface area contributed by atoms with Gasteiger partial charge in [0.15, 0.2) is 0 Å². The Morgan fingerprint density at radius 1 is 1.35 bits per heavy atom. The average molecular weight is 321 g/mol. The van der Waals surface area contributed by atoms with Crippen molar-refractivity contribution in [1.29, 1.82) is 0 Å². The molecule has 7 heteroatoms. The third-order valence-corrected chi connectivity index (χ3v) is 5.59. The van der Waals surface area contributed by atoms with Crippen LogP contribution in [-0.2, 0) is 10.0 Å². The number of sulfonamides is 1. The first-order chi connectivity index (χ1) is 9.40. The maximum absolute atomic E-state index is 13.2. The molecule has 0 atom stereocenters. The molecular formula is C13H18ClFN2O2S. The maximum Gasteiger partial charge on any atom is 0.242 e. The molecule has 0 radical (unpaired) electrons. The van der Waals surface area contributed by atoms with E-state index in [0.717, 1.165) is 31.4 Å². The highest BCUT2D eigenvalue weighted by atomic mass is 35.5. The number of hydrogen-bond acceptors (Lipinski definition) is 3. The Labute approximate surface area is 123 Å². The van der Waals surface area contributed by atoms with Gasteiger partial charge in [-0.1, -0.05) is 37.3 Å². The Balaban J connectivity index is 2.04. The molecule has 1 aromatic carbocycles. The minimum Gasteiger partial charge on any atom is -0.396 e. The van der Waals surface area contributed by atoms with Gasteiger partial charge in [-0.15, -0.1) is 0 Å². The van der Waals surface area contributed by atoms with Crippen LogP contribution in [0.15, 0.2) is 17.0 Å². The van der Waals surface area contributed by atoms with Crippen LogP contribution in [0.2, 0.25) is 5.02 Å². The first-order valence-electron chi connectivity index (χ1n) is 6.64. The van der Waals surface area contributed by atoms with Crippen LogP contribution in [0.25, 0.3) is 0 Å². The highest BCUT2D eigenvalue weighted by Crippen LogP contribution is 2.28. The normalized spacial score (nSPS) is 16.7. The molecule has 1 aromatic rings. The van der Waals surface area contributed by atoms with Crippen molar-refractivity contribution in [2.75, 3.05) is 12.3 Å². The zero-order valence-electron chi connectivity index (χ0n) is 11.0. The van der Waals surface area contributed by atoms with Crippen molar-refractivity contribution in [2.45, 2.75) is 37.0 Å². The van der Waals surface area contributed by atoms with E-state index in [0.29, 0.717) is 12.5 Å². The molecule has 2 rings (SSSR count). The smallest absolute Gasteiger partial charge is 0.242 e. The molecule has 0 amide bonds. The Morgan fingerprint density at radius 3 is 2.65 bits per heavy atom. The van der Waals surface area contributed by atoms with Crippen LogP contribution in [-0.4, -0.2) is 15.0 Å². The number of benzene rings is 1. The number of rotatable bonds is 5. The van der Waals surface area contributed by atoms with E-state index in [4.69, 9.17) is 17.3 Å². The molecule has 0 aromatic heterocycles. The fourth-order valence-corrected chi connectivity index (χ4v) is 4.12. The number of halogens is 2. The van der Waals surface area contributed by atoms with Crippen LogP contribution in [0.1, 0.15) is 32.1 Å². The molecule has 0 aliphatic heterocycles. The summed E-state index contributed by atoms with van der Waals surface area (Å²) in [6.07, 6.45) is 5.57. The summed E-state index contributed by atoms with van der Waals surface area (Å²) in [5.41, 5.74) is 5.16. The van der Waals surface area contributed by atoms with Crippen LogP contribution in [0.3, 0.4) is 0 Å². The molecule has 0 saturated heterocycles. The number of nitrogen functional groups attached to an aromatic ring is 1. The molecule has 4 nitrogen and oxygen atoms in total. The van der Waals surface area contributed by atoms with E-state index in [1.54, 1.807) is 0 Å². The fraction of sp³-hybridized carbons (Fsp3) is 0.538. The Hall–Kier alpha value is -0.850. The lowest BCUT2D eigenvalue weighted by atomic mass is 10.1. The molecule has 1 fully saturated rings. The minimum absolute atomic E-state index is 0.162. The predicted molar refractivity (Wildman–Crippen MR) is 77.6 cm³/mol. The monoisotopic (exact) mass is 320 g/mol. The van der Waals surface area contributed by atoms with Gasteiger partial charge in [0, 0.05) is 6.54 Å². The second-order valence-electron chi connectivity index (χ2n) is 5.14. The summed E-state index contributed by atoms with van der Waals surface area (Å²) in [6.45, 7) is 0.362. The van der Waals surface area contributed by atoms with Crippen molar-refractivity contribution >= 4 is 27.3 Å². The van der Waals surface area contributed by atoms with Gasteiger partial charge in [0.1, 0.15) is 10.7 Å². The van der Waals surface area contributed by atoms with Gasteiger partial charge < -0.3 is 5.73 Å². The highest BCUT2D eigenvalue weighted by Gasteiger charge is 2.21. The fourth-order valence-electron chi connectivity index (χ4n) is 2.52. The van der Waals surface area contributed by atoms with E-state index >= 15 is 0 Å². The number of nitrogens with two attached hydrogens (primary N) is 1. The van der Waals surface area contributed by atoms with Crippen molar-refractivity contribution in [3.05, 3.63) is 23.0 Å². The van der Waals surface area contributed by atoms with E-state index in [-0.39, 0.29) is 15.6 Å². The van der Waals surface area contributed by atoms with Gasteiger partial charge in [0.25, 0.3) is 0 Å². The first kappa shape index (κ1) is 15.5. The molecule has 1 aliphatic carbocycles. The van der Waals surface area contributed by atoms with E-state index in [2.05, 4.69) is 4.72 Å². The second kappa shape index (κ2) is 6.28. The molecule has 20 heavy (non-hydrogen) atoms. The van der Waals surface area contributed by atoms with Crippen LogP contribution >= 0.6 is 11.6 Å². The van der Waals surface area contributed by atoms with Gasteiger partial charge in [-0.2, -0.15) is 0 Å². The van der Waals surface area contributed by atoms with E-state index < -0.39 is 15.8 Å². The van der Waals surface area contributed by atoms with Gasteiger partial charge in [0.05, 0.1) is 10.7 Å². The summed E-state index contributed by atoms with van der Waals surface area (Å²) in [7, 11) is -3.75. The third-order valence-electron chi connectivity index (χ3n) is 3.66. The average Bonchev–Trinajstić information content (AvgIpc) is 2.86. The van der Waals surface area contributed by atoms with Crippen molar-refractivity contribution in [3.8, 4) is 0 Å². The van der Waals surface area contributed by atoms with Crippen LogP contribution in [0, 0.1) is 11.7 Å². The lowest BCUT2D eigenvalue weighted by molar-refractivity contribution is 0.495. The van der Waals surface area contributed by atoms with Crippen LogP contribution in [0.4, 0.5) is 10.1 Å². The Kier molecular flexibility index (Phi) is 4.88. The second-order valence-corrected chi connectivity index (χ2v) is 7.28. The maximum atomic E-state index is 13.2. The molecule has 0 heterocycles. The van der Waals surface area contributed by atoms with Crippen LogP contribution < -0.4 is 10.5 Å². The SMILES string of the molecule is Nc1cc(S(=O)(=O)NCCC2CCCC2)c(Cl)cc1F. The van der Waals surface area contributed by atoms with Gasteiger partial charge >= 0.3 is 0 Å². The van der Waals surface area contributed by atoms with Crippen molar-refractivity contribution in [3.63, 3.8) is 0 Å². The van der Waals surface area contributed by atoms with Crippen molar-refractivity contribution < 1.29 is 12.8 Å². The predicted octanol–water partition coefficient (Wildman–Crippen LogP) is 2.92. The quantitative estimate of drug-likeness (QED) is 0.819. The number of anilines is 1. The largest absolute Gasteiger partial charge is 0.396 e. The van der Waals surface area contributed by atoms with Crippen molar-refractivity contribution in [1.82, 2.24) is 4.72 Å². The van der Waals surface area contributed by atoms with Gasteiger partial charge in [-0.05, 0) is 24.5 Å². The highest BCUT2D eigenvalue weighted by molar-refractivity contribution is 7.89. The summed E-state index contributed by atoms with van der Waals surface area (Å²) < 4.78 is 39.9. The summed E-state index contributed by atoms with van der Waals surface area (Å²) in [5, 5.41) is -0.162. The summed E-state index contributed by atoms with van der Waals surface area (Å²) in [6, 6.07) is 1.97. The summed E-state index contributed by atoms with van der Waals surface area (Å²) in [5.74, 6) is -0.133. The topological polar surface area (TPSA) is 72.2 Å². The lowest BCUT2D eigenvalue weighted by Gasteiger charge is -2.12. The molecule has 0 unspecified atom stereocenters. The van der Waals surface area contributed by atoms with E-state index in [9.17, 15) is 12.8 Å². The molecule has 1 saturated carbocycles. The Morgan fingerprint density at radius 2 is 2.00 bits per heavy atom. The number of nitrogens with one attached hydrogen (secondary N) is 1. The lowest BCUT2D eigenvalue weighted by Crippen LogP contribution is -2.26. The summed E-state index contributed by atoms with van der Waals surface area (Å²) >= 11 is 5.78. The zero-order valence-corrected chi connectivity index (χ0v) is 12.6. The molecule has 112 valence electrons. The molecule has 1 aliphatic rings. The zero-order chi connectivity index (χ0) is 14.8. The molecule has 3 N–H and O–H groups in total. The Bertz CT molecular complexity index is 586. The third kappa shape index (κ3) is 3.62. The molecule has 0 spiro atoms. The molecular weight excluding hydrogens is 303 g/mol. The van der Waals surface area contributed by atoms with Crippen molar-refractivity contribution in [2.24, 2.45) is 5.92 Å². The van der Waals surface area contributed by atoms with E-state index in [1.165, 1.54) is 12.8 Å². The number of hydrogen-bond donors (Lipinski definition) is 2. The minimum atomic E-state index is -3.75. The van der Waals surface area contributed by atoms with Gasteiger partial charge in [-0.25, -0.2) is 17.5 Å². The van der Waals surface area contributed by atoms with Gasteiger partial charge in [0.2, 0.25) is 10.0 Å². The van der Waals surface area contributed by atoms with Crippen LogP contribution in [0.5, 0.6) is 0 Å².